The number of aliphatic hydroxyl groups is 1. The third-order valence-corrected chi connectivity index (χ3v) is 4.68. The molecule has 2 aromatic rings. The van der Waals surface area contributed by atoms with E-state index in [-0.39, 0.29) is 35.5 Å². The lowest BCUT2D eigenvalue weighted by Gasteiger charge is -2.30. The molecule has 1 aromatic heterocycles. The van der Waals surface area contributed by atoms with E-state index in [0.29, 0.717) is 24.8 Å². The Hall–Kier alpha value is -2.17. The smallest absolute Gasteiger partial charge is 0.392 e. The van der Waals surface area contributed by atoms with E-state index < -0.39 is 30.8 Å². The second-order valence-corrected chi connectivity index (χ2v) is 6.75. The first kappa shape index (κ1) is 22.1. The number of amides is 1. The molecule has 1 saturated carbocycles. The summed E-state index contributed by atoms with van der Waals surface area (Å²) >= 11 is 0. The predicted molar refractivity (Wildman–Crippen MR) is 97.9 cm³/mol. The van der Waals surface area contributed by atoms with Crippen LogP contribution in [0, 0.1) is 0 Å². The van der Waals surface area contributed by atoms with Crippen LogP contribution in [-0.2, 0) is 6.54 Å². The molecule has 3 atom stereocenters. The summed E-state index contributed by atoms with van der Waals surface area (Å²) in [5, 5.41) is 13.8. The number of carbonyl (C=O) groups is 1. The first-order valence-corrected chi connectivity index (χ1v) is 8.49. The Bertz CT molecular complexity index is 825. The number of halogens is 4. The summed E-state index contributed by atoms with van der Waals surface area (Å²) in [5.41, 5.74) is 11.8. The summed E-state index contributed by atoms with van der Waals surface area (Å²) in [6.07, 6.45) is -3.91. The minimum absolute atomic E-state index is 0. The topological polar surface area (TPSA) is 120 Å². The first-order chi connectivity index (χ1) is 12.6. The summed E-state index contributed by atoms with van der Waals surface area (Å²) < 4.78 is 39.8. The second-order valence-electron chi connectivity index (χ2n) is 6.75. The van der Waals surface area contributed by atoms with E-state index in [2.05, 4.69) is 10.1 Å². The fraction of sp³-hybridized carbons (Fsp3) is 0.471. The van der Waals surface area contributed by atoms with E-state index in [1.807, 2.05) is 0 Å². The normalized spacial score (nSPS) is 22.5. The van der Waals surface area contributed by atoms with Crippen LogP contribution < -0.4 is 11.5 Å². The number of nitrogens with two attached hydrogens (primary N) is 2. The van der Waals surface area contributed by atoms with E-state index in [1.165, 1.54) is 24.3 Å². The lowest BCUT2D eigenvalue weighted by Crippen LogP contribution is -2.40. The van der Waals surface area contributed by atoms with Crippen molar-refractivity contribution < 1.29 is 23.1 Å². The highest BCUT2D eigenvalue weighted by molar-refractivity contribution is 5.93. The van der Waals surface area contributed by atoms with Crippen LogP contribution in [0.1, 0.15) is 41.4 Å². The highest BCUT2D eigenvalue weighted by Gasteiger charge is 2.35. The van der Waals surface area contributed by atoms with Gasteiger partial charge in [0.05, 0.1) is 6.10 Å². The van der Waals surface area contributed by atoms with E-state index in [0.717, 1.165) is 4.68 Å². The van der Waals surface area contributed by atoms with Crippen molar-refractivity contribution >= 4 is 18.3 Å². The molecule has 1 aromatic carbocycles. The molecule has 0 bridgehead atoms. The lowest BCUT2D eigenvalue weighted by atomic mass is 9.83. The fourth-order valence-corrected chi connectivity index (χ4v) is 3.27. The van der Waals surface area contributed by atoms with Crippen molar-refractivity contribution in [3.63, 3.8) is 0 Å². The Balaban J connectivity index is 0.00000280. The van der Waals surface area contributed by atoms with Crippen LogP contribution >= 0.6 is 12.4 Å². The Kier molecular flexibility index (Phi) is 6.68. The number of alkyl halides is 3. The first-order valence-electron chi connectivity index (χ1n) is 8.49. The standard InChI is InChI=1S/C17H20F3N5O2.ClH/c18-17(19,20)8-25-16(11-5-6-13(26)12(21)7-11)23-15(24-25)10-3-1-9(2-4-10)14(22)27;/h1-4,11-13,26H,5-8,21H2,(H2,22,27);1H/t11-,12+,13+;/m0./s1. The molecule has 28 heavy (non-hydrogen) atoms. The number of hydrogen-bond donors (Lipinski definition) is 3. The number of rotatable bonds is 4. The summed E-state index contributed by atoms with van der Waals surface area (Å²) in [5.74, 6) is -0.599. The summed E-state index contributed by atoms with van der Waals surface area (Å²) in [6, 6.07) is 5.49. The number of carbonyl (C=O) groups excluding carboxylic acids is 1. The maximum absolute atomic E-state index is 13.0. The van der Waals surface area contributed by atoms with Gasteiger partial charge in [0.2, 0.25) is 5.91 Å². The van der Waals surface area contributed by atoms with Crippen molar-refractivity contribution in [3.05, 3.63) is 35.7 Å². The molecule has 1 amide bonds. The Morgan fingerprint density at radius 2 is 1.89 bits per heavy atom. The number of nitrogens with zero attached hydrogens (tertiary/aromatic N) is 3. The molecule has 11 heteroatoms. The van der Waals surface area contributed by atoms with Gasteiger partial charge in [0.15, 0.2) is 5.82 Å². The van der Waals surface area contributed by atoms with Crippen molar-refractivity contribution in [1.29, 1.82) is 0 Å². The van der Waals surface area contributed by atoms with Crippen molar-refractivity contribution in [2.45, 2.75) is 50.0 Å². The van der Waals surface area contributed by atoms with Crippen LogP contribution in [0.4, 0.5) is 13.2 Å². The summed E-state index contributed by atoms with van der Waals surface area (Å²) in [6.45, 7) is -1.26. The molecule has 7 nitrogen and oxygen atoms in total. The molecule has 1 aliphatic carbocycles. The van der Waals surface area contributed by atoms with Crippen LogP contribution in [0.15, 0.2) is 24.3 Å². The van der Waals surface area contributed by atoms with Gasteiger partial charge in [-0.25, -0.2) is 9.67 Å². The second kappa shape index (κ2) is 8.46. The average molecular weight is 420 g/mol. The van der Waals surface area contributed by atoms with Crippen LogP contribution in [-0.4, -0.2) is 44.1 Å². The number of aliphatic hydroxyl groups excluding tert-OH is 1. The monoisotopic (exact) mass is 419 g/mol. The van der Waals surface area contributed by atoms with Crippen molar-refractivity contribution in [2.75, 3.05) is 0 Å². The third-order valence-electron chi connectivity index (χ3n) is 4.68. The molecule has 3 rings (SSSR count). The molecule has 0 aliphatic heterocycles. The van der Waals surface area contributed by atoms with Crippen molar-refractivity contribution in [1.82, 2.24) is 14.8 Å². The number of primary amides is 1. The van der Waals surface area contributed by atoms with Gasteiger partial charge in [0.1, 0.15) is 12.4 Å². The lowest BCUT2D eigenvalue weighted by molar-refractivity contribution is -0.143. The van der Waals surface area contributed by atoms with E-state index in [1.54, 1.807) is 0 Å². The largest absolute Gasteiger partial charge is 0.408 e. The summed E-state index contributed by atoms with van der Waals surface area (Å²) in [4.78, 5) is 15.5. The minimum atomic E-state index is -4.45. The van der Waals surface area contributed by atoms with Gasteiger partial charge in [0.25, 0.3) is 0 Å². The van der Waals surface area contributed by atoms with Gasteiger partial charge in [-0.05, 0) is 31.4 Å². The number of aromatic nitrogens is 3. The van der Waals surface area contributed by atoms with Gasteiger partial charge in [-0.3, -0.25) is 4.79 Å². The van der Waals surface area contributed by atoms with E-state index in [9.17, 15) is 23.1 Å². The van der Waals surface area contributed by atoms with Crippen LogP contribution in [0.3, 0.4) is 0 Å². The summed E-state index contributed by atoms with van der Waals surface area (Å²) in [7, 11) is 0. The zero-order valence-corrected chi connectivity index (χ0v) is 15.6. The molecule has 0 spiro atoms. The highest BCUT2D eigenvalue weighted by atomic mass is 35.5. The Labute approximate surface area is 165 Å². The van der Waals surface area contributed by atoms with E-state index >= 15 is 0 Å². The van der Waals surface area contributed by atoms with Crippen molar-refractivity contribution in [2.24, 2.45) is 11.5 Å². The predicted octanol–water partition coefficient (Wildman–Crippen LogP) is 1.98. The Morgan fingerprint density at radius 3 is 2.43 bits per heavy atom. The molecule has 0 radical (unpaired) electrons. The van der Waals surface area contributed by atoms with Crippen LogP contribution in [0.5, 0.6) is 0 Å². The van der Waals surface area contributed by atoms with Gasteiger partial charge in [0, 0.05) is 23.1 Å². The molecular formula is C17H21ClF3N5O2. The Morgan fingerprint density at radius 1 is 1.25 bits per heavy atom. The average Bonchev–Trinajstić information content (AvgIpc) is 2.99. The van der Waals surface area contributed by atoms with Gasteiger partial charge in [-0.1, -0.05) is 12.1 Å². The maximum atomic E-state index is 13.0. The SMILES string of the molecule is Cl.NC(=O)c1ccc(-c2nc([C@H]3CC[C@@H](O)[C@H](N)C3)n(CC(F)(F)F)n2)cc1. The zero-order chi connectivity index (χ0) is 19.8. The fourth-order valence-electron chi connectivity index (χ4n) is 3.27. The zero-order valence-electron chi connectivity index (χ0n) is 14.8. The molecule has 1 aliphatic rings. The third kappa shape index (κ3) is 5.00. The molecule has 0 saturated heterocycles. The molecule has 1 fully saturated rings. The van der Waals surface area contributed by atoms with Crippen molar-refractivity contribution in [3.8, 4) is 11.4 Å². The number of benzene rings is 1. The molecule has 154 valence electrons. The van der Waals surface area contributed by atoms with Crippen LogP contribution in [0.25, 0.3) is 11.4 Å². The van der Waals surface area contributed by atoms with Crippen LogP contribution in [0.2, 0.25) is 0 Å². The molecule has 1 heterocycles. The van der Waals surface area contributed by atoms with Gasteiger partial charge < -0.3 is 16.6 Å². The number of hydrogen-bond acceptors (Lipinski definition) is 5. The van der Waals surface area contributed by atoms with Gasteiger partial charge in [-0.15, -0.1) is 12.4 Å². The maximum Gasteiger partial charge on any atom is 0.408 e. The quantitative estimate of drug-likeness (QED) is 0.699. The molecular weight excluding hydrogens is 399 g/mol. The molecule has 5 N–H and O–H groups in total. The highest BCUT2D eigenvalue weighted by Crippen LogP contribution is 2.33. The van der Waals surface area contributed by atoms with Gasteiger partial charge in [-0.2, -0.15) is 18.3 Å². The van der Waals surface area contributed by atoms with E-state index in [4.69, 9.17) is 11.5 Å². The van der Waals surface area contributed by atoms with Gasteiger partial charge >= 0.3 is 6.18 Å². The molecule has 0 unspecified atom stereocenters. The minimum Gasteiger partial charge on any atom is -0.392 e.